The molecule has 0 radical (unpaired) electrons. The molecule has 7 nitrogen and oxygen atoms in total. The molecule has 1 aromatic carbocycles. The molecule has 25 heavy (non-hydrogen) atoms. The molecule has 0 spiro atoms. The zero-order chi connectivity index (χ0) is 18.0. The van der Waals surface area contributed by atoms with Crippen molar-refractivity contribution < 1.29 is 17.9 Å². The largest absolute Gasteiger partial charge is 0.372 e. The van der Waals surface area contributed by atoms with Gasteiger partial charge in [0.15, 0.2) is 9.84 Å². The summed E-state index contributed by atoms with van der Waals surface area (Å²) in [6.45, 7) is 5.58. The molecule has 0 bridgehead atoms. The number of hydrogen-bond donors (Lipinski definition) is 2. The van der Waals surface area contributed by atoms with Gasteiger partial charge in [0.25, 0.3) is 0 Å². The van der Waals surface area contributed by atoms with Gasteiger partial charge in [-0.25, -0.2) is 13.2 Å². The lowest BCUT2D eigenvalue weighted by Gasteiger charge is -2.37. The van der Waals surface area contributed by atoms with Crippen LogP contribution in [-0.4, -0.2) is 57.3 Å². The van der Waals surface area contributed by atoms with Gasteiger partial charge in [-0.2, -0.15) is 0 Å². The minimum Gasteiger partial charge on any atom is -0.372 e. The van der Waals surface area contributed by atoms with Gasteiger partial charge in [-0.15, -0.1) is 0 Å². The van der Waals surface area contributed by atoms with Gasteiger partial charge in [-0.05, 0) is 32.4 Å². The van der Waals surface area contributed by atoms with E-state index in [1.807, 2.05) is 38.1 Å². The van der Waals surface area contributed by atoms with Crippen LogP contribution in [0.2, 0.25) is 0 Å². The molecule has 2 aliphatic rings. The summed E-state index contributed by atoms with van der Waals surface area (Å²) in [5.74, 6) is 0.151. The number of nitrogens with one attached hydrogen (secondary N) is 2. The Hall–Kier alpha value is -1.80. The van der Waals surface area contributed by atoms with Crippen molar-refractivity contribution >= 4 is 27.2 Å². The molecule has 2 aliphatic heterocycles. The zero-order valence-electron chi connectivity index (χ0n) is 14.6. The van der Waals surface area contributed by atoms with Crippen molar-refractivity contribution in [2.24, 2.45) is 0 Å². The molecule has 0 unspecified atom stereocenters. The predicted octanol–water partition coefficient (Wildman–Crippen LogP) is 1.61. The van der Waals surface area contributed by atoms with Crippen molar-refractivity contribution in [1.29, 1.82) is 0 Å². The molecule has 138 valence electrons. The maximum Gasteiger partial charge on any atom is 0.319 e. The van der Waals surface area contributed by atoms with E-state index in [2.05, 4.69) is 15.5 Å². The molecule has 2 amide bonds. The Morgan fingerprint density at radius 2 is 1.88 bits per heavy atom. The second-order valence-corrected chi connectivity index (χ2v) is 9.11. The molecule has 2 N–H and O–H groups in total. The van der Waals surface area contributed by atoms with Crippen LogP contribution in [-0.2, 0) is 14.6 Å². The Morgan fingerprint density at radius 3 is 2.52 bits per heavy atom. The molecule has 2 saturated heterocycles. The first-order chi connectivity index (χ1) is 11.8. The van der Waals surface area contributed by atoms with E-state index in [9.17, 15) is 13.2 Å². The highest BCUT2D eigenvalue weighted by Crippen LogP contribution is 2.28. The molecule has 0 saturated carbocycles. The fourth-order valence-corrected chi connectivity index (χ4v) is 5.16. The van der Waals surface area contributed by atoms with E-state index in [1.165, 1.54) is 0 Å². The first-order valence-corrected chi connectivity index (χ1v) is 10.4. The number of sulfone groups is 1. The highest BCUT2D eigenvalue weighted by atomic mass is 32.2. The summed E-state index contributed by atoms with van der Waals surface area (Å²) in [6, 6.07) is 6.94. The van der Waals surface area contributed by atoms with Crippen LogP contribution in [0.4, 0.5) is 16.2 Å². The minimum atomic E-state index is -3.02. The maximum atomic E-state index is 12.3. The number of anilines is 2. The van der Waals surface area contributed by atoms with Gasteiger partial charge in [0, 0.05) is 19.1 Å². The normalized spacial score (nSPS) is 28.6. The number of amides is 2. The average Bonchev–Trinajstić information content (AvgIpc) is 2.85. The smallest absolute Gasteiger partial charge is 0.319 e. The summed E-state index contributed by atoms with van der Waals surface area (Å²) >= 11 is 0. The van der Waals surface area contributed by atoms with E-state index in [4.69, 9.17) is 4.74 Å². The van der Waals surface area contributed by atoms with Crippen LogP contribution in [0.1, 0.15) is 20.3 Å². The lowest BCUT2D eigenvalue weighted by atomic mass is 10.1. The lowest BCUT2D eigenvalue weighted by molar-refractivity contribution is -0.00517. The molecule has 2 fully saturated rings. The molecule has 8 heteroatoms. The number of ether oxygens (including phenoxy) is 1. The van der Waals surface area contributed by atoms with Crippen LogP contribution in [0.15, 0.2) is 24.3 Å². The molecule has 2 heterocycles. The number of hydrogen-bond acceptors (Lipinski definition) is 5. The number of para-hydroxylation sites is 2. The van der Waals surface area contributed by atoms with Crippen LogP contribution in [0, 0.1) is 0 Å². The molecular weight excluding hydrogens is 342 g/mol. The van der Waals surface area contributed by atoms with Gasteiger partial charge >= 0.3 is 6.03 Å². The fraction of sp³-hybridized carbons (Fsp3) is 0.588. The van der Waals surface area contributed by atoms with Crippen molar-refractivity contribution in [3.05, 3.63) is 24.3 Å². The van der Waals surface area contributed by atoms with Crippen LogP contribution in [0.25, 0.3) is 0 Å². The van der Waals surface area contributed by atoms with Gasteiger partial charge in [-0.3, -0.25) is 0 Å². The van der Waals surface area contributed by atoms with Gasteiger partial charge in [0.1, 0.15) is 0 Å². The number of rotatable bonds is 3. The Balaban J connectivity index is 1.67. The maximum absolute atomic E-state index is 12.3. The van der Waals surface area contributed by atoms with Crippen molar-refractivity contribution in [2.75, 3.05) is 34.8 Å². The van der Waals surface area contributed by atoms with Crippen molar-refractivity contribution in [3.63, 3.8) is 0 Å². The molecular formula is C17H25N3O4S. The SMILES string of the molecule is C[C@@H]1CN(c2ccccc2NC(=O)N[C@@H]2CCS(=O)(=O)C2)C[C@H](C)O1. The molecule has 0 aromatic heterocycles. The number of carbonyl (C=O) groups excluding carboxylic acids is 1. The highest BCUT2D eigenvalue weighted by molar-refractivity contribution is 7.91. The summed E-state index contributed by atoms with van der Waals surface area (Å²) in [5.41, 5.74) is 1.65. The third-order valence-electron chi connectivity index (χ3n) is 4.48. The second-order valence-electron chi connectivity index (χ2n) is 6.88. The summed E-state index contributed by atoms with van der Waals surface area (Å²) in [4.78, 5) is 14.5. The van der Waals surface area contributed by atoms with Crippen molar-refractivity contribution in [2.45, 2.75) is 38.5 Å². The lowest BCUT2D eigenvalue weighted by Crippen LogP contribution is -2.46. The monoisotopic (exact) mass is 367 g/mol. The second kappa shape index (κ2) is 7.21. The topological polar surface area (TPSA) is 87.7 Å². The van der Waals surface area contributed by atoms with E-state index in [0.29, 0.717) is 12.1 Å². The predicted molar refractivity (Wildman–Crippen MR) is 97.9 cm³/mol. The third kappa shape index (κ3) is 4.64. The average molecular weight is 367 g/mol. The van der Waals surface area contributed by atoms with Gasteiger partial charge in [-0.1, -0.05) is 12.1 Å². The van der Waals surface area contributed by atoms with Crippen LogP contribution in [0.3, 0.4) is 0 Å². The molecule has 1 aromatic rings. The van der Waals surface area contributed by atoms with Crippen LogP contribution < -0.4 is 15.5 Å². The van der Waals surface area contributed by atoms with Crippen molar-refractivity contribution in [3.8, 4) is 0 Å². The van der Waals surface area contributed by atoms with E-state index in [1.54, 1.807) is 0 Å². The summed E-state index contributed by atoms with van der Waals surface area (Å²) in [6.07, 6.45) is 0.708. The van der Waals surface area contributed by atoms with Gasteiger partial charge in [0.2, 0.25) is 0 Å². The van der Waals surface area contributed by atoms with Crippen molar-refractivity contribution in [1.82, 2.24) is 5.32 Å². The number of morpholine rings is 1. The Morgan fingerprint density at radius 1 is 1.20 bits per heavy atom. The van der Waals surface area contributed by atoms with Gasteiger partial charge in [0.05, 0.1) is 35.1 Å². The third-order valence-corrected chi connectivity index (χ3v) is 6.25. The Labute approximate surface area is 148 Å². The molecule has 3 atom stereocenters. The number of nitrogens with zero attached hydrogens (tertiary/aromatic N) is 1. The molecule has 3 rings (SSSR count). The number of urea groups is 1. The van der Waals surface area contributed by atoms with E-state index in [-0.39, 0.29) is 35.8 Å². The first-order valence-electron chi connectivity index (χ1n) is 8.60. The number of benzene rings is 1. The van der Waals surface area contributed by atoms with E-state index < -0.39 is 9.84 Å². The van der Waals surface area contributed by atoms with Crippen LogP contribution >= 0.6 is 0 Å². The molecule has 0 aliphatic carbocycles. The minimum absolute atomic E-state index is 0.0144. The van der Waals surface area contributed by atoms with E-state index >= 15 is 0 Å². The standard InChI is InChI=1S/C17H25N3O4S/c1-12-9-20(10-13(2)24-12)16-6-4-3-5-15(16)19-17(21)18-14-7-8-25(22,23)11-14/h3-6,12-14H,7-11H2,1-2H3,(H2,18,19,21)/t12-,13+,14-/m1/s1. The highest BCUT2D eigenvalue weighted by Gasteiger charge is 2.29. The van der Waals surface area contributed by atoms with E-state index in [0.717, 1.165) is 18.8 Å². The van der Waals surface area contributed by atoms with Gasteiger partial charge < -0.3 is 20.3 Å². The fourth-order valence-electron chi connectivity index (χ4n) is 3.48. The number of carbonyl (C=O) groups is 1. The first kappa shape index (κ1) is 18.0. The summed E-state index contributed by atoms with van der Waals surface area (Å²) in [7, 11) is -3.02. The summed E-state index contributed by atoms with van der Waals surface area (Å²) in [5, 5.41) is 5.62. The zero-order valence-corrected chi connectivity index (χ0v) is 15.4. The quantitative estimate of drug-likeness (QED) is 0.847. The van der Waals surface area contributed by atoms with Crippen LogP contribution in [0.5, 0.6) is 0 Å². The Kier molecular flexibility index (Phi) is 5.19. The Bertz CT molecular complexity index is 727. The summed E-state index contributed by atoms with van der Waals surface area (Å²) < 4.78 is 28.8.